The number of aromatic nitrogens is 1. The van der Waals surface area contributed by atoms with Crippen LogP contribution in [-0.2, 0) is 14.3 Å². The fourth-order valence-corrected chi connectivity index (χ4v) is 3.67. The molecule has 0 N–H and O–H groups in total. The number of anilines is 1. The molecule has 3 aromatic rings. The van der Waals surface area contributed by atoms with Crippen LogP contribution in [0.15, 0.2) is 72.8 Å². The number of amides is 1. The van der Waals surface area contributed by atoms with Gasteiger partial charge in [-0.15, -0.1) is 0 Å². The number of carbonyl (C=O) groups excluding carboxylic acids is 2. The number of para-hydroxylation sites is 2. The second-order valence-electron chi connectivity index (χ2n) is 7.49. The number of hydrogen-bond donors (Lipinski definition) is 0. The Hall–Kier alpha value is -3.67. The van der Waals surface area contributed by atoms with Crippen molar-refractivity contribution in [2.45, 2.75) is 13.0 Å². The Morgan fingerprint density at radius 2 is 1.65 bits per heavy atom. The van der Waals surface area contributed by atoms with Gasteiger partial charge in [0.25, 0.3) is 5.91 Å². The minimum absolute atomic E-state index is 0.168. The number of benzene rings is 2. The van der Waals surface area contributed by atoms with Crippen LogP contribution < -0.4 is 4.90 Å². The first-order valence-corrected chi connectivity index (χ1v) is 10.4. The van der Waals surface area contributed by atoms with Crippen LogP contribution in [0.2, 0.25) is 0 Å². The number of rotatable bonds is 5. The predicted octanol–water partition coefficient (Wildman–Crippen LogP) is 3.53. The minimum Gasteiger partial charge on any atom is -0.449 e. The first-order valence-electron chi connectivity index (χ1n) is 10.4. The van der Waals surface area contributed by atoms with Gasteiger partial charge in [0.1, 0.15) is 0 Å². The molecule has 2 heterocycles. The fourth-order valence-electron chi connectivity index (χ4n) is 3.67. The maximum absolute atomic E-state index is 12.7. The lowest BCUT2D eigenvalue weighted by atomic mass is 10.2. The molecular weight excluding hydrogens is 390 g/mol. The van der Waals surface area contributed by atoms with Crippen LogP contribution >= 0.6 is 0 Å². The van der Waals surface area contributed by atoms with Crippen molar-refractivity contribution in [3.63, 3.8) is 0 Å². The Kier molecular flexibility index (Phi) is 6.26. The van der Waals surface area contributed by atoms with Gasteiger partial charge in [-0.25, -0.2) is 9.78 Å². The van der Waals surface area contributed by atoms with Crippen molar-refractivity contribution in [3.8, 4) is 0 Å². The summed E-state index contributed by atoms with van der Waals surface area (Å²) in [5.41, 5.74) is 2.67. The molecule has 31 heavy (non-hydrogen) atoms. The molecule has 0 saturated carbocycles. The van der Waals surface area contributed by atoms with Crippen LogP contribution in [0.1, 0.15) is 12.6 Å². The van der Waals surface area contributed by atoms with Gasteiger partial charge in [-0.1, -0.05) is 42.5 Å². The molecule has 0 aliphatic carbocycles. The lowest BCUT2D eigenvalue weighted by Crippen LogP contribution is -2.51. The summed E-state index contributed by atoms with van der Waals surface area (Å²) in [6.07, 6.45) is 2.09. The van der Waals surface area contributed by atoms with Gasteiger partial charge in [0.15, 0.2) is 6.10 Å². The van der Waals surface area contributed by atoms with E-state index in [0.29, 0.717) is 18.8 Å². The second kappa shape index (κ2) is 9.43. The predicted molar refractivity (Wildman–Crippen MR) is 122 cm³/mol. The molecule has 2 aromatic carbocycles. The van der Waals surface area contributed by atoms with E-state index in [9.17, 15) is 9.59 Å². The van der Waals surface area contributed by atoms with E-state index in [4.69, 9.17) is 4.74 Å². The average molecular weight is 415 g/mol. The highest BCUT2D eigenvalue weighted by Gasteiger charge is 2.26. The van der Waals surface area contributed by atoms with Crippen molar-refractivity contribution >= 4 is 34.5 Å². The van der Waals surface area contributed by atoms with Gasteiger partial charge in [-0.2, -0.15) is 0 Å². The van der Waals surface area contributed by atoms with Gasteiger partial charge in [-0.05, 0) is 37.3 Å². The highest BCUT2D eigenvalue weighted by molar-refractivity contribution is 5.90. The quantitative estimate of drug-likeness (QED) is 0.471. The van der Waals surface area contributed by atoms with E-state index in [0.717, 1.165) is 29.7 Å². The molecule has 1 atom stereocenters. The molecule has 6 heteroatoms. The molecule has 1 fully saturated rings. The molecule has 1 aliphatic heterocycles. The average Bonchev–Trinajstić information content (AvgIpc) is 2.82. The second-order valence-corrected chi connectivity index (χ2v) is 7.49. The van der Waals surface area contributed by atoms with Gasteiger partial charge in [-0.3, -0.25) is 4.79 Å². The Morgan fingerprint density at radius 1 is 0.935 bits per heavy atom. The maximum atomic E-state index is 12.7. The van der Waals surface area contributed by atoms with E-state index in [2.05, 4.69) is 22.0 Å². The Labute approximate surface area is 181 Å². The van der Waals surface area contributed by atoms with E-state index < -0.39 is 12.1 Å². The Bertz CT molecular complexity index is 1090. The number of carbonyl (C=O) groups is 2. The van der Waals surface area contributed by atoms with Crippen LogP contribution in [0.3, 0.4) is 0 Å². The first-order chi connectivity index (χ1) is 15.1. The molecule has 1 aromatic heterocycles. The highest BCUT2D eigenvalue weighted by atomic mass is 16.5. The molecule has 4 rings (SSSR count). The summed E-state index contributed by atoms with van der Waals surface area (Å²) >= 11 is 0. The van der Waals surface area contributed by atoms with Crippen LogP contribution in [-0.4, -0.2) is 54.0 Å². The summed E-state index contributed by atoms with van der Waals surface area (Å²) in [7, 11) is 0. The molecular formula is C25H25N3O3. The van der Waals surface area contributed by atoms with E-state index in [1.807, 2.05) is 54.6 Å². The standard InChI is InChI=1S/C25H25N3O3/c1-19(25(30)28-17-15-27(16-18-28)22-8-3-2-4-9-22)31-24(29)14-13-21-12-11-20-7-5-6-10-23(20)26-21/h2-14,19H,15-18H2,1H3/b14-13+/t19-/m0/s1. The third kappa shape index (κ3) is 5.09. The Morgan fingerprint density at radius 3 is 2.42 bits per heavy atom. The summed E-state index contributed by atoms with van der Waals surface area (Å²) < 4.78 is 5.33. The molecule has 1 aliphatic rings. The number of pyridine rings is 1. The number of hydrogen-bond acceptors (Lipinski definition) is 5. The van der Waals surface area contributed by atoms with Gasteiger partial charge in [0.05, 0.1) is 11.2 Å². The van der Waals surface area contributed by atoms with E-state index >= 15 is 0 Å². The summed E-state index contributed by atoms with van der Waals surface area (Å²) in [6, 6.07) is 21.7. The number of piperazine rings is 1. The van der Waals surface area contributed by atoms with Crippen molar-refractivity contribution in [1.29, 1.82) is 0 Å². The van der Waals surface area contributed by atoms with Crippen molar-refractivity contribution in [3.05, 3.63) is 78.5 Å². The molecule has 158 valence electrons. The molecule has 1 amide bonds. The van der Waals surface area contributed by atoms with Gasteiger partial charge in [0, 0.05) is 43.3 Å². The fraction of sp³-hybridized carbons (Fsp3) is 0.240. The zero-order valence-electron chi connectivity index (χ0n) is 17.5. The third-order valence-electron chi connectivity index (χ3n) is 5.36. The minimum atomic E-state index is -0.829. The third-order valence-corrected chi connectivity index (χ3v) is 5.36. The summed E-state index contributed by atoms with van der Waals surface area (Å²) in [5.74, 6) is -0.725. The van der Waals surface area contributed by atoms with Gasteiger partial charge >= 0.3 is 5.97 Å². The van der Waals surface area contributed by atoms with Crippen molar-refractivity contribution < 1.29 is 14.3 Å². The highest BCUT2D eigenvalue weighted by Crippen LogP contribution is 2.16. The number of fused-ring (bicyclic) bond motifs is 1. The molecule has 0 radical (unpaired) electrons. The monoisotopic (exact) mass is 415 g/mol. The van der Waals surface area contributed by atoms with Crippen LogP contribution in [0, 0.1) is 0 Å². The number of ether oxygens (including phenoxy) is 1. The zero-order chi connectivity index (χ0) is 21.6. The molecule has 6 nitrogen and oxygen atoms in total. The van der Waals surface area contributed by atoms with Gasteiger partial charge < -0.3 is 14.5 Å². The number of nitrogens with zero attached hydrogens (tertiary/aromatic N) is 3. The number of esters is 1. The van der Waals surface area contributed by atoms with Crippen LogP contribution in [0.4, 0.5) is 5.69 Å². The maximum Gasteiger partial charge on any atom is 0.331 e. The topological polar surface area (TPSA) is 62.7 Å². The van der Waals surface area contributed by atoms with Crippen LogP contribution in [0.25, 0.3) is 17.0 Å². The van der Waals surface area contributed by atoms with E-state index in [1.54, 1.807) is 17.9 Å². The lowest BCUT2D eigenvalue weighted by molar-refractivity contribution is -0.155. The van der Waals surface area contributed by atoms with E-state index in [-0.39, 0.29) is 5.91 Å². The molecule has 1 saturated heterocycles. The van der Waals surface area contributed by atoms with Gasteiger partial charge in [0.2, 0.25) is 0 Å². The lowest BCUT2D eigenvalue weighted by Gasteiger charge is -2.36. The summed E-state index contributed by atoms with van der Waals surface area (Å²) in [6.45, 7) is 4.33. The van der Waals surface area contributed by atoms with Crippen molar-refractivity contribution in [2.24, 2.45) is 0 Å². The zero-order valence-corrected chi connectivity index (χ0v) is 17.5. The molecule has 0 spiro atoms. The molecule has 0 bridgehead atoms. The SMILES string of the molecule is C[C@H](OC(=O)/C=C/c1ccc2ccccc2n1)C(=O)N1CCN(c2ccccc2)CC1. The Balaban J connectivity index is 1.29. The van der Waals surface area contributed by atoms with Crippen molar-refractivity contribution in [2.75, 3.05) is 31.1 Å². The van der Waals surface area contributed by atoms with Crippen molar-refractivity contribution in [1.82, 2.24) is 9.88 Å². The first kappa shape index (κ1) is 20.6. The largest absolute Gasteiger partial charge is 0.449 e. The van der Waals surface area contributed by atoms with E-state index in [1.165, 1.54) is 6.08 Å². The smallest absolute Gasteiger partial charge is 0.331 e. The summed E-state index contributed by atoms with van der Waals surface area (Å²) in [4.78, 5) is 33.4. The molecule has 0 unspecified atom stereocenters. The summed E-state index contributed by atoms with van der Waals surface area (Å²) in [5, 5.41) is 1.04. The normalized spacial score (nSPS) is 15.3. The van der Waals surface area contributed by atoms with Crippen LogP contribution in [0.5, 0.6) is 0 Å².